The van der Waals surface area contributed by atoms with Crippen molar-refractivity contribution in [2.45, 2.75) is 0 Å². The van der Waals surface area contributed by atoms with E-state index in [2.05, 4.69) is 10.6 Å². The number of carbonyl (C=O) groups is 2. The van der Waals surface area contributed by atoms with Crippen LogP contribution in [0.4, 0.5) is 11.4 Å². The van der Waals surface area contributed by atoms with Crippen LogP contribution in [-0.4, -0.2) is 32.6 Å². The first-order valence-electron chi connectivity index (χ1n) is 7.20. The largest absolute Gasteiger partial charge is 0.497 e. The number of rotatable bonds is 4. The summed E-state index contributed by atoms with van der Waals surface area (Å²) in [4.78, 5) is 23.7. The second kappa shape index (κ2) is 6.49. The molecule has 2 N–H and O–H groups in total. The first-order valence-corrected chi connectivity index (χ1v) is 7.20. The zero-order valence-electron chi connectivity index (χ0n) is 13.2. The van der Waals surface area contributed by atoms with Crippen LogP contribution in [0.25, 0.3) is 0 Å². The molecule has 0 unspecified atom stereocenters. The first kappa shape index (κ1) is 15.7. The third-order valence-electron chi connectivity index (χ3n) is 3.49. The van der Waals surface area contributed by atoms with Crippen LogP contribution in [0.2, 0.25) is 0 Å². The van der Waals surface area contributed by atoms with Crippen molar-refractivity contribution in [1.29, 1.82) is 0 Å². The second-order valence-electron chi connectivity index (χ2n) is 5.10. The Kier molecular flexibility index (Phi) is 4.24. The molecule has 0 atom stereocenters. The number of fused-ring (bicyclic) bond motifs is 1. The van der Waals surface area contributed by atoms with Crippen LogP contribution < -0.4 is 24.8 Å². The number of carbonyl (C=O) groups excluding carboxylic acids is 2. The highest BCUT2D eigenvalue weighted by Gasteiger charge is 2.18. The van der Waals surface area contributed by atoms with Gasteiger partial charge >= 0.3 is 0 Å². The maximum absolute atomic E-state index is 12.4. The van der Waals surface area contributed by atoms with Crippen LogP contribution in [0, 0.1) is 0 Å². The zero-order valence-corrected chi connectivity index (χ0v) is 13.2. The molecule has 1 heterocycles. The molecule has 0 bridgehead atoms. The van der Waals surface area contributed by atoms with E-state index < -0.39 is 0 Å². The van der Waals surface area contributed by atoms with Crippen LogP contribution >= 0.6 is 0 Å². The summed E-state index contributed by atoms with van der Waals surface area (Å²) in [5.74, 6) is 1.07. The lowest BCUT2D eigenvalue weighted by Crippen LogP contribution is -2.25. The highest BCUT2D eigenvalue weighted by atomic mass is 16.5. The van der Waals surface area contributed by atoms with Crippen molar-refractivity contribution in [1.82, 2.24) is 0 Å². The molecular formula is C17H16N2O5. The molecule has 1 aliphatic heterocycles. The Balaban J connectivity index is 1.81. The average Bonchev–Trinajstić information content (AvgIpc) is 2.60. The van der Waals surface area contributed by atoms with E-state index in [-0.39, 0.29) is 18.4 Å². The van der Waals surface area contributed by atoms with Gasteiger partial charge in [-0.2, -0.15) is 0 Å². The van der Waals surface area contributed by atoms with Gasteiger partial charge in [-0.25, -0.2) is 0 Å². The van der Waals surface area contributed by atoms with Crippen molar-refractivity contribution >= 4 is 23.2 Å². The number of nitrogens with one attached hydrogen (secondary N) is 2. The molecule has 0 aromatic heterocycles. The summed E-state index contributed by atoms with van der Waals surface area (Å²) in [5.41, 5.74) is 1.50. The minimum Gasteiger partial charge on any atom is -0.497 e. The van der Waals surface area contributed by atoms with Crippen molar-refractivity contribution in [2.24, 2.45) is 0 Å². The summed E-state index contributed by atoms with van der Waals surface area (Å²) >= 11 is 0. The lowest BCUT2D eigenvalue weighted by molar-refractivity contribution is -0.118. The molecule has 7 nitrogen and oxygen atoms in total. The highest BCUT2D eigenvalue weighted by Crippen LogP contribution is 2.30. The maximum Gasteiger partial charge on any atom is 0.262 e. The lowest BCUT2D eigenvalue weighted by Gasteiger charge is -2.18. The van der Waals surface area contributed by atoms with Crippen molar-refractivity contribution in [3.05, 3.63) is 42.0 Å². The van der Waals surface area contributed by atoms with E-state index in [0.29, 0.717) is 34.2 Å². The fourth-order valence-corrected chi connectivity index (χ4v) is 2.30. The Morgan fingerprint density at radius 3 is 2.50 bits per heavy atom. The van der Waals surface area contributed by atoms with Crippen molar-refractivity contribution in [2.75, 3.05) is 31.5 Å². The van der Waals surface area contributed by atoms with Crippen LogP contribution in [0.5, 0.6) is 17.2 Å². The van der Waals surface area contributed by atoms with Crippen molar-refractivity contribution in [3.63, 3.8) is 0 Å². The van der Waals surface area contributed by atoms with Gasteiger partial charge < -0.3 is 24.8 Å². The molecule has 7 heteroatoms. The molecule has 0 saturated heterocycles. The molecule has 2 amide bonds. The summed E-state index contributed by atoms with van der Waals surface area (Å²) in [6, 6.07) is 9.92. The van der Waals surface area contributed by atoms with Crippen LogP contribution in [0.15, 0.2) is 36.4 Å². The molecular weight excluding hydrogens is 312 g/mol. The van der Waals surface area contributed by atoms with Gasteiger partial charge in [0, 0.05) is 29.4 Å². The molecule has 0 fully saturated rings. The van der Waals surface area contributed by atoms with E-state index in [0.717, 1.165) is 0 Å². The highest BCUT2D eigenvalue weighted by molar-refractivity contribution is 6.05. The molecule has 0 saturated carbocycles. The first-order chi connectivity index (χ1) is 11.6. The van der Waals surface area contributed by atoms with Gasteiger partial charge in [-0.15, -0.1) is 0 Å². The molecule has 0 spiro atoms. The van der Waals surface area contributed by atoms with E-state index in [1.165, 1.54) is 14.2 Å². The minimum absolute atomic E-state index is 0.0643. The molecule has 0 radical (unpaired) electrons. The molecule has 2 aromatic rings. The van der Waals surface area contributed by atoms with E-state index in [4.69, 9.17) is 14.2 Å². The molecule has 1 aliphatic rings. The van der Waals surface area contributed by atoms with Gasteiger partial charge in [0.05, 0.1) is 19.9 Å². The number of ether oxygens (including phenoxy) is 3. The summed E-state index contributed by atoms with van der Waals surface area (Å²) in [7, 11) is 3.07. The maximum atomic E-state index is 12.4. The molecule has 24 heavy (non-hydrogen) atoms. The summed E-state index contributed by atoms with van der Waals surface area (Å²) < 4.78 is 15.7. The number of hydrogen-bond acceptors (Lipinski definition) is 5. The second-order valence-corrected chi connectivity index (χ2v) is 5.10. The standard InChI is InChI=1S/C17H16N2O5/c1-22-12-6-11(7-13(8-12)23-2)18-17(21)10-3-4-14-15(5-10)24-9-16(20)19-14/h3-8H,9H2,1-2H3,(H,18,21)(H,19,20). The van der Waals surface area contributed by atoms with Crippen LogP contribution in [0.3, 0.4) is 0 Å². The molecule has 124 valence electrons. The number of benzene rings is 2. The van der Waals surface area contributed by atoms with Crippen LogP contribution in [0.1, 0.15) is 10.4 Å². The average molecular weight is 328 g/mol. The Morgan fingerprint density at radius 2 is 1.83 bits per heavy atom. The number of hydrogen-bond donors (Lipinski definition) is 2. The minimum atomic E-state index is -0.311. The molecule has 2 aromatic carbocycles. The van der Waals surface area contributed by atoms with Gasteiger partial charge in [0.25, 0.3) is 11.8 Å². The van der Waals surface area contributed by atoms with Gasteiger partial charge in [-0.05, 0) is 18.2 Å². The van der Waals surface area contributed by atoms with Gasteiger partial charge in [-0.1, -0.05) is 0 Å². The van der Waals surface area contributed by atoms with E-state index in [1.807, 2.05) is 0 Å². The third kappa shape index (κ3) is 3.24. The third-order valence-corrected chi connectivity index (χ3v) is 3.49. The summed E-state index contributed by atoms with van der Waals surface area (Å²) in [6.45, 7) is -0.0643. The normalized spacial score (nSPS) is 12.5. The molecule has 3 rings (SSSR count). The molecule has 0 aliphatic carbocycles. The van der Waals surface area contributed by atoms with E-state index in [1.54, 1.807) is 36.4 Å². The smallest absolute Gasteiger partial charge is 0.262 e. The van der Waals surface area contributed by atoms with E-state index >= 15 is 0 Å². The van der Waals surface area contributed by atoms with Crippen LogP contribution in [-0.2, 0) is 4.79 Å². The fraction of sp³-hybridized carbons (Fsp3) is 0.176. The van der Waals surface area contributed by atoms with Gasteiger partial charge in [0.2, 0.25) is 0 Å². The monoisotopic (exact) mass is 328 g/mol. The predicted octanol–water partition coefficient (Wildman–Crippen LogP) is 2.29. The Bertz CT molecular complexity index is 781. The number of methoxy groups -OCH3 is 2. The zero-order chi connectivity index (χ0) is 17.1. The Labute approximate surface area is 138 Å². The predicted molar refractivity (Wildman–Crippen MR) is 88.1 cm³/mol. The van der Waals surface area contributed by atoms with Gasteiger partial charge in [0.1, 0.15) is 17.2 Å². The van der Waals surface area contributed by atoms with Crippen molar-refractivity contribution < 1.29 is 23.8 Å². The Morgan fingerprint density at radius 1 is 1.12 bits per heavy atom. The summed E-state index contributed by atoms with van der Waals surface area (Å²) in [6.07, 6.45) is 0. The van der Waals surface area contributed by atoms with Crippen molar-refractivity contribution in [3.8, 4) is 17.2 Å². The van der Waals surface area contributed by atoms with Gasteiger partial charge in [-0.3, -0.25) is 9.59 Å². The SMILES string of the molecule is COc1cc(NC(=O)c2ccc3c(c2)OCC(=O)N3)cc(OC)c1. The topological polar surface area (TPSA) is 85.9 Å². The Hall–Kier alpha value is -3.22. The quantitative estimate of drug-likeness (QED) is 0.899. The number of amides is 2. The van der Waals surface area contributed by atoms with Gasteiger partial charge in [0.15, 0.2) is 6.61 Å². The van der Waals surface area contributed by atoms with E-state index in [9.17, 15) is 9.59 Å². The fourth-order valence-electron chi connectivity index (χ4n) is 2.30. The summed E-state index contributed by atoms with van der Waals surface area (Å²) in [5, 5.41) is 5.46. The lowest BCUT2D eigenvalue weighted by atomic mass is 10.1. The number of anilines is 2.